The van der Waals surface area contributed by atoms with E-state index in [2.05, 4.69) is 27.8 Å². The van der Waals surface area contributed by atoms with Crippen molar-refractivity contribution in [3.63, 3.8) is 0 Å². The zero-order chi connectivity index (χ0) is 28.3. The van der Waals surface area contributed by atoms with Gasteiger partial charge < -0.3 is 19.9 Å². The molecule has 2 aliphatic rings. The maximum Gasteiger partial charge on any atom is 0.304 e. The summed E-state index contributed by atoms with van der Waals surface area (Å²) in [7, 11) is 0. The molecule has 1 fully saturated rings. The first-order valence-corrected chi connectivity index (χ1v) is 14.2. The number of hydrogen-bond donors (Lipinski definition) is 3. The fourth-order valence-electron chi connectivity index (χ4n) is 5.18. The highest BCUT2D eigenvalue weighted by Gasteiger charge is 2.46. The predicted octanol–water partition coefficient (Wildman–Crippen LogP) is 3.96. The third-order valence-electron chi connectivity index (χ3n) is 7.25. The molecular weight excluding hydrogens is 560 g/mol. The van der Waals surface area contributed by atoms with Crippen LogP contribution in [-0.2, 0) is 33.7 Å². The summed E-state index contributed by atoms with van der Waals surface area (Å²) in [5.41, 5.74) is 1.12. The van der Waals surface area contributed by atoms with Gasteiger partial charge in [-0.1, -0.05) is 0 Å². The van der Waals surface area contributed by atoms with Crippen LogP contribution < -0.4 is 10.1 Å². The van der Waals surface area contributed by atoms with Gasteiger partial charge >= 0.3 is 5.97 Å². The van der Waals surface area contributed by atoms with E-state index in [1.807, 2.05) is 23.6 Å². The van der Waals surface area contributed by atoms with E-state index in [1.165, 1.54) is 11.3 Å². The molecule has 1 amide bonds. The standard InChI is InChI=1S/C28H29F2N3O5S2/c29-20-9-18-12-28(14-26(34)35,13-19(18)10-21(20)30)27(36)31-15-25-32-22(16-40-25)17-1-2-23(24(39)11-17)38-8-5-33-3-6-37-7-4-33/h1-2,9-11,16,39H,3-8,12-15H2,(H,31,36)(H,34,35). The average Bonchev–Trinajstić information content (AvgIpc) is 3.54. The Morgan fingerprint density at radius 3 is 2.50 bits per heavy atom. The van der Waals surface area contributed by atoms with Gasteiger partial charge in [-0.05, 0) is 54.3 Å². The van der Waals surface area contributed by atoms with Crippen molar-refractivity contribution < 1.29 is 33.0 Å². The number of carbonyl (C=O) groups is 2. The molecule has 1 saturated heterocycles. The number of carboxylic acids is 1. The Labute approximate surface area is 239 Å². The maximum absolute atomic E-state index is 13.8. The van der Waals surface area contributed by atoms with Crippen molar-refractivity contribution >= 4 is 35.8 Å². The average molecular weight is 590 g/mol. The maximum atomic E-state index is 13.8. The number of thiazole rings is 1. The van der Waals surface area contributed by atoms with E-state index in [4.69, 9.17) is 9.47 Å². The van der Waals surface area contributed by atoms with Crippen LogP contribution in [0.25, 0.3) is 11.3 Å². The molecule has 0 spiro atoms. The topological polar surface area (TPSA) is 101 Å². The van der Waals surface area contributed by atoms with Crippen LogP contribution in [0.1, 0.15) is 22.6 Å². The predicted molar refractivity (Wildman–Crippen MR) is 148 cm³/mol. The summed E-state index contributed by atoms with van der Waals surface area (Å²) in [6, 6.07) is 7.73. The van der Waals surface area contributed by atoms with Gasteiger partial charge in [0.05, 0.1) is 37.3 Å². The molecule has 12 heteroatoms. The minimum absolute atomic E-state index is 0.0202. The fourth-order valence-corrected chi connectivity index (χ4v) is 6.20. The first-order valence-electron chi connectivity index (χ1n) is 12.9. The van der Waals surface area contributed by atoms with Crippen LogP contribution >= 0.6 is 24.0 Å². The number of carbonyl (C=O) groups excluding carboxylic acids is 1. The number of morpholine rings is 1. The largest absolute Gasteiger partial charge is 0.491 e. The van der Waals surface area contributed by atoms with E-state index < -0.39 is 35.3 Å². The van der Waals surface area contributed by atoms with E-state index >= 15 is 0 Å². The number of hydrogen-bond acceptors (Lipinski definition) is 8. The number of aliphatic carboxylic acids is 1. The molecule has 0 bridgehead atoms. The molecule has 1 aromatic heterocycles. The van der Waals surface area contributed by atoms with Gasteiger partial charge in [0.2, 0.25) is 5.91 Å². The van der Waals surface area contributed by atoms with Crippen molar-refractivity contribution in [3.05, 3.63) is 63.5 Å². The Bertz CT molecular complexity index is 1380. The Kier molecular flexibility index (Phi) is 8.69. The fraction of sp³-hybridized carbons (Fsp3) is 0.393. The lowest BCUT2D eigenvalue weighted by Gasteiger charge is -2.26. The molecular formula is C28H29F2N3O5S2. The normalized spacial score (nSPS) is 16.5. The lowest BCUT2D eigenvalue weighted by molar-refractivity contribution is -0.145. The summed E-state index contributed by atoms with van der Waals surface area (Å²) in [5, 5.41) is 14.8. The summed E-state index contributed by atoms with van der Waals surface area (Å²) >= 11 is 5.94. The van der Waals surface area contributed by atoms with Gasteiger partial charge in [0.15, 0.2) is 11.6 Å². The van der Waals surface area contributed by atoms with E-state index in [-0.39, 0.29) is 19.4 Å². The van der Waals surface area contributed by atoms with E-state index in [0.29, 0.717) is 39.1 Å². The zero-order valence-corrected chi connectivity index (χ0v) is 23.3. The number of thiol groups is 1. The second-order valence-electron chi connectivity index (χ2n) is 10.0. The molecule has 1 aliphatic heterocycles. The highest BCUT2D eigenvalue weighted by Crippen LogP contribution is 2.41. The van der Waals surface area contributed by atoms with Crippen LogP contribution in [0.3, 0.4) is 0 Å². The molecule has 0 radical (unpaired) electrons. The number of carboxylic acid groups (broad SMARTS) is 1. The minimum atomic E-state index is -1.33. The van der Waals surface area contributed by atoms with Gasteiger partial charge in [-0.25, -0.2) is 13.8 Å². The van der Waals surface area contributed by atoms with Crippen LogP contribution in [0.2, 0.25) is 0 Å². The van der Waals surface area contributed by atoms with Crippen molar-refractivity contribution in [2.24, 2.45) is 5.41 Å². The van der Waals surface area contributed by atoms with Crippen LogP contribution in [0.15, 0.2) is 40.6 Å². The summed E-state index contributed by atoms with van der Waals surface area (Å²) < 4.78 is 38.8. The Balaban J connectivity index is 1.20. The third kappa shape index (κ3) is 6.46. The Morgan fingerprint density at radius 2 is 1.85 bits per heavy atom. The minimum Gasteiger partial charge on any atom is -0.491 e. The molecule has 40 heavy (non-hydrogen) atoms. The molecule has 1 aliphatic carbocycles. The number of benzene rings is 2. The summed E-state index contributed by atoms with van der Waals surface area (Å²) in [4.78, 5) is 32.4. The summed E-state index contributed by atoms with van der Waals surface area (Å²) in [5.74, 6) is -2.99. The molecule has 2 heterocycles. The van der Waals surface area contributed by atoms with Gasteiger partial charge in [0, 0.05) is 35.5 Å². The molecule has 212 valence electrons. The van der Waals surface area contributed by atoms with Crippen molar-refractivity contribution in [2.75, 3.05) is 39.5 Å². The second kappa shape index (κ2) is 12.2. The zero-order valence-electron chi connectivity index (χ0n) is 21.6. The summed E-state index contributed by atoms with van der Waals surface area (Å²) in [6.45, 7) is 4.74. The van der Waals surface area contributed by atoms with Gasteiger partial charge in [-0.2, -0.15) is 0 Å². The number of nitrogens with zero attached hydrogens (tertiary/aromatic N) is 2. The third-order valence-corrected chi connectivity index (χ3v) is 8.45. The number of amides is 1. The SMILES string of the molecule is O=C(O)CC1(C(=O)NCc2nc(-c3ccc(OCCN4CCOCC4)c(S)c3)cs2)Cc2cc(F)c(F)cc2C1. The first-order chi connectivity index (χ1) is 19.2. The molecule has 8 nitrogen and oxygen atoms in total. The van der Waals surface area contributed by atoms with Gasteiger partial charge in [0.25, 0.3) is 0 Å². The van der Waals surface area contributed by atoms with E-state index in [0.717, 1.165) is 50.5 Å². The van der Waals surface area contributed by atoms with Crippen LogP contribution in [0.4, 0.5) is 8.78 Å². The van der Waals surface area contributed by atoms with Gasteiger partial charge in [0.1, 0.15) is 17.4 Å². The lowest BCUT2D eigenvalue weighted by Crippen LogP contribution is -2.43. The number of halogens is 2. The van der Waals surface area contributed by atoms with Gasteiger partial charge in [-0.3, -0.25) is 14.5 Å². The molecule has 0 unspecified atom stereocenters. The second-order valence-corrected chi connectivity index (χ2v) is 11.5. The number of ether oxygens (including phenoxy) is 2. The molecule has 2 aromatic carbocycles. The van der Waals surface area contributed by atoms with E-state index in [1.54, 1.807) is 0 Å². The molecule has 0 saturated carbocycles. The van der Waals surface area contributed by atoms with Crippen LogP contribution in [-0.4, -0.2) is 66.3 Å². The number of aromatic nitrogens is 1. The van der Waals surface area contributed by atoms with E-state index in [9.17, 15) is 23.5 Å². The monoisotopic (exact) mass is 589 g/mol. The smallest absolute Gasteiger partial charge is 0.304 e. The van der Waals surface area contributed by atoms with Crippen LogP contribution in [0, 0.1) is 17.0 Å². The van der Waals surface area contributed by atoms with Crippen molar-refractivity contribution in [1.29, 1.82) is 0 Å². The quantitative estimate of drug-likeness (QED) is 0.308. The van der Waals surface area contributed by atoms with Crippen molar-refractivity contribution in [3.8, 4) is 17.0 Å². The molecule has 2 N–H and O–H groups in total. The summed E-state index contributed by atoms with van der Waals surface area (Å²) in [6.07, 6.45) is -0.412. The number of fused-ring (bicyclic) bond motifs is 1. The number of rotatable bonds is 10. The highest BCUT2D eigenvalue weighted by molar-refractivity contribution is 7.80. The highest BCUT2D eigenvalue weighted by atomic mass is 32.1. The van der Waals surface area contributed by atoms with Gasteiger partial charge in [-0.15, -0.1) is 24.0 Å². The van der Waals surface area contributed by atoms with Crippen molar-refractivity contribution in [1.82, 2.24) is 15.2 Å². The molecule has 3 aromatic rings. The van der Waals surface area contributed by atoms with Crippen LogP contribution in [0.5, 0.6) is 5.75 Å². The lowest BCUT2D eigenvalue weighted by atomic mass is 9.80. The Morgan fingerprint density at radius 1 is 1.15 bits per heavy atom. The Hall–Kier alpha value is -3.06. The van der Waals surface area contributed by atoms with Crippen molar-refractivity contribution in [2.45, 2.75) is 30.7 Å². The number of nitrogens with one attached hydrogen (secondary N) is 1. The molecule has 0 atom stereocenters. The first kappa shape index (κ1) is 28.5. The molecule has 5 rings (SSSR count).